The van der Waals surface area contributed by atoms with Crippen LogP contribution in [0.5, 0.6) is 5.75 Å². The predicted octanol–water partition coefficient (Wildman–Crippen LogP) is 4.93. The molecule has 1 fully saturated rings. The Morgan fingerprint density at radius 3 is 2.57 bits per heavy atom. The van der Waals surface area contributed by atoms with E-state index >= 15 is 0 Å². The van der Waals surface area contributed by atoms with Crippen LogP contribution in [0.3, 0.4) is 0 Å². The van der Waals surface area contributed by atoms with E-state index in [1.54, 1.807) is 0 Å². The zero-order chi connectivity index (χ0) is 14.8. The second-order valence-corrected chi connectivity index (χ2v) is 6.32. The normalized spacial score (nSPS) is 15.5. The van der Waals surface area contributed by atoms with Crippen molar-refractivity contribution in [1.29, 1.82) is 0 Å². The zero-order valence-corrected chi connectivity index (χ0v) is 13.6. The van der Waals surface area contributed by atoms with Crippen molar-refractivity contribution in [3.8, 4) is 5.75 Å². The van der Waals surface area contributed by atoms with E-state index in [0.29, 0.717) is 0 Å². The van der Waals surface area contributed by atoms with Crippen molar-refractivity contribution in [1.82, 2.24) is 5.32 Å². The minimum absolute atomic E-state index is 0.840. The molecule has 2 nitrogen and oxygen atoms in total. The number of unbranched alkanes of at least 4 members (excludes halogenated alkanes) is 2. The lowest BCUT2D eigenvalue weighted by molar-refractivity contribution is 0.306. The molecule has 1 aliphatic rings. The molecule has 1 aliphatic carbocycles. The molecule has 1 aromatic carbocycles. The van der Waals surface area contributed by atoms with Crippen LogP contribution in [0, 0.1) is 5.92 Å². The van der Waals surface area contributed by atoms with E-state index in [4.69, 9.17) is 4.74 Å². The molecule has 0 aliphatic heterocycles. The van der Waals surface area contributed by atoms with Crippen molar-refractivity contribution in [2.75, 3.05) is 13.2 Å². The molecule has 1 aromatic rings. The number of hydrogen-bond acceptors (Lipinski definition) is 2. The van der Waals surface area contributed by atoms with Gasteiger partial charge in [0.15, 0.2) is 0 Å². The van der Waals surface area contributed by atoms with Crippen LogP contribution < -0.4 is 10.1 Å². The Morgan fingerprint density at radius 1 is 1.10 bits per heavy atom. The summed E-state index contributed by atoms with van der Waals surface area (Å²) < 4.78 is 5.74. The lowest BCUT2D eigenvalue weighted by atomic mass is 10.0. The monoisotopic (exact) mass is 289 g/mol. The average molecular weight is 289 g/mol. The lowest BCUT2D eigenvalue weighted by Crippen LogP contribution is -2.16. The molecule has 0 radical (unpaired) electrons. The van der Waals surface area contributed by atoms with Gasteiger partial charge in [0.2, 0.25) is 0 Å². The highest BCUT2D eigenvalue weighted by molar-refractivity contribution is 5.27. The number of benzene rings is 1. The number of ether oxygens (including phenoxy) is 1. The average Bonchev–Trinajstić information content (AvgIpc) is 3.03. The minimum atomic E-state index is 0.840. The van der Waals surface area contributed by atoms with Crippen LogP contribution in [0.15, 0.2) is 24.3 Å². The molecule has 2 rings (SSSR count). The fourth-order valence-corrected chi connectivity index (χ4v) is 3.08. The van der Waals surface area contributed by atoms with Crippen molar-refractivity contribution in [3.63, 3.8) is 0 Å². The minimum Gasteiger partial charge on any atom is -0.494 e. The first kappa shape index (κ1) is 16.4. The summed E-state index contributed by atoms with van der Waals surface area (Å²) >= 11 is 0. The highest BCUT2D eigenvalue weighted by atomic mass is 16.5. The van der Waals surface area contributed by atoms with Gasteiger partial charge in [0.25, 0.3) is 0 Å². The summed E-state index contributed by atoms with van der Waals surface area (Å²) in [6.45, 7) is 5.18. The maximum absolute atomic E-state index is 5.74. The van der Waals surface area contributed by atoms with Crippen LogP contribution >= 0.6 is 0 Å². The highest BCUT2D eigenvalue weighted by Gasteiger charge is 2.13. The van der Waals surface area contributed by atoms with Gasteiger partial charge in [0.05, 0.1) is 6.61 Å². The molecule has 1 N–H and O–H groups in total. The number of hydrogen-bond donors (Lipinski definition) is 1. The molecule has 0 bridgehead atoms. The molecule has 0 amide bonds. The Morgan fingerprint density at radius 2 is 1.86 bits per heavy atom. The summed E-state index contributed by atoms with van der Waals surface area (Å²) in [7, 11) is 0. The maximum atomic E-state index is 5.74. The van der Waals surface area contributed by atoms with E-state index in [-0.39, 0.29) is 0 Å². The SMILES string of the molecule is CCCCCOc1ccc(CNCCC2CCCC2)cc1. The maximum Gasteiger partial charge on any atom is 0.119 e. The van der Waals surface area contributed by atoms with E-state index in [1.165, 1.54) is 50.5 Å². The van der Waals surface area contributed by atoms with E-state index in [9.17, 15) is 0 Å². The Balaban J connectivity index is 1.58. The van der Waals surface area contributed by atoms with Crippen LogP contribution in [0.25, 0.3) is 0 Å². The first-order valence-corrected chi connectivity index (χ1v) is 8.81. The van der Waals surface area contributed by atoms with Crippen molar-refractivity contribution in [2.24, 2.45) is 5.92 Å². The second kappa shape index (κ2) is 9.83. The van der Waals surface area contributed by atoms with E-state index in [1.807, 2.05) is 0 Å². The van der Waals surface area contributed by atoms with Crippen molar-refractivity contribution in [2.45, 2.75) is 64.8 Å². The molecule has 118 valence electrons. The smallest absolute Gasteiger partial charge is 0.119 e. The molecule has 2 heteroatoms. The van der Waals surface area contributed by atoms with Gasteiger partial charge in [-0.25, -0.2) is 0 Å². The molecule has 1 saturated carbocycles. The summed E-state index contributed by atoms with van der Waals surface area (Å²) in [5.74, 6) is 1.98. The second-order valence-electron chi connectivity index (χ2n) is 6.32. The molecule has 0 heterocycles. The molecular weight excluding hydrogens is 258 g/mol. The Kier molecular flexibility index (Phi) is 7.66. The van der Waals surface area contributed by atoms with E-state index < -0.39 is 0 Å². The van der Waals surface area contributed by atoms with Gasteiger partial charge in [0, 0.05) is 6.54 Å². The van der Waals surface area contributed by atoms with Crippen molar-refractivity contribution in [3.05, 3.63) is 29.8 Å². The van der Waals surface area contributed by atoms with Crippen LogP contribution in [-0.4, -0.2) is 13.2 Å². The lowest BCUT2D eigenvalue weighted by Gasteiger charge is -2.10. The van der Waals surface area contributed by atoms with Gasteiger partial charge in [0.1, 0.15) is 5.75 Å². The third kappa shape index (κ3) is 6.52. The van der Waals surface area contributed by atoms with E-state index in [2.05, 4.69) is 36.5 Å². The van der Waals surface area contributed by atoms with Gasteiger partial charge in [-0.3, -0.25) is 0 Å². The predicted molar refractivity (Wildman–Crippen MR) is 89.7 cm³/mol. The summed E-state index contributed by atoms with van der Waals surface area (Å²) in [4.78, 5) is 0. The summed E-state index contributed by atoms with van der Waals surface area (Å²) in [5.41, 5.74) is 1.35. The molecule has 0 aromatic heterocycles. The van der Waals surface area contributed by atoms with Crippen LogP contribution in [0.1, 0.15) is 63.9 Å². The van der Waals surface area contributed by atoms with Gasteiger partial charge >= 0.3 is 0 Å². The summed E-state index contributed by atoms with van der Waals surface area (Å²) in [6, 6.07) is 8.55. The van der Waals surface area contributed by atoms with Gasteiger partial charge in [-0.05, 0) is 43.0 Å². The van der Waals surface area contributed by atoms with Crippen LogP contribution in [-0.2, 0) is 6.54 Å². The standard InChI is InChI=1S/C19H31NO/c1-2-3-6-15-21-19-11-9-18(10-12-19)16-20-14-13-17-7-4-5-8-17/h9-12,17,20H,2-8,13-16H2,1H3. The highest BCUT2D eigenvalue weighted by Crippen LogP contribution is 2.26. The Hall–Kier alpha value is -1.02. The topological polar surface area (TPSA) is 21.3 Å². The van der Waals surface area contributed by atoms with Gasteiger partial charge in [-0.2, -0.15) is 0 Å². The molecule has 0 spiro atoms. The van der Waals surface area contributed by atoms with Crippen molar-refractivity contribution >= 4 is 0 Å². The summed E-state index contributed by atoms with van der Waals surface area (Å²) in [6.07, 6.45) is 10.8. The fourth-order valence-electron chi connectivity index (χ4n) is 3.08. The Bertz CT molecular complexity index is 368. The van der Waals surface area contributed by atoms with Crippen LogP contribution in [0.4, 0.5) is 0 Å². The first-order valence-electron chi connectivity index (χ1n) is 8.81. The van der Waals surface area contributed by atoms with Gasteiger partial charge in [-0.1, -0.05) is 57.6 Å². The molecule has 0 unspecified atom stereocenters. The van der Waals surface area contributed by atoms with Crippen LogP contribution in [0.2, 0.25) is 0 Å². The first-order chi connectivity index (χ1) is 10.4. The number of rotatable bonds is 10. The molecule has 0 atom stereocenters. The van der Waals surface area contributed by atoms with E-state index in [0.717, 1.165) is 37.8 Å². The number of nitrogens with one attached hydrogen (secondary N) is 1. The largest absolute Gasteiger partial charge is 0.494 e. The van der Waals surface area contributed by atoms with Gasteiger partial charge in [-0.15, -0.1) is 0 Å². The third-order valence-electron chi connectivity index (χ3n) is 4.47. The Labute approximate surface area is 130 Å². The fraction of sp³-hybridized carbons (Fsp3) is 0.684. The van der Waals surface area contributed by atoms with Gasteiger partial charge < -0.3 is 10.1 Å². The quantitative estimate of drug-likeness (QED) is 0.617. The summed E-state index contributed by atoms with van der Waals surface area (Å²) in [5, 5.41) is 3.57. The molecular formula is C19H31NO. The molecule has 21 heavy (non-hydrogen) atoms. The molecule has 0 saturated heterocycles. The zero-order valence-electron chi connectivity index (χ0n) is 13.6. The van der Waals surface area contributed by atoms with Crippen molar-refractivity contribution < 1.29 is 4.74 Å². The third-order valence-corrected chi connectivity index (χ3v) is 4.47.